The van der Waals surface area contributed by atoms with Crippen LogP contribution in [0.25, 0.3) is 0 Å². The monoisotopic (exact) mass is 548 g/mol. The summed E-state index contributed by atoms with van der Waals surface area (Å²) in [6.45, 7) is 2.12. The van der Waals surface area contributed by atoms with E-state index in [-0.39, 0.29) is 56.8 Å². The van der Waals surface area contributed by atoms with Gasteiger partial charge in [-0.1, -0.05) is 0 Å². The normalized spacial score (nSPS) is 29.8. The van der Waals surface area contributed by atoms with E-state index < -0.39 is 48.8 Å². The maximum Gasteiger partial charge on any atom is 0.332 e. The van der Waals surface area contributed by atoms with E-state index in [0.717, 1.165) is 0 Å². The molecule has 3 rings (SSSR count). The summed E-state index contributed by atoms with van der Waals surface area (Å²) in [4.78, 5) is 19.6. The number of thioether (sulfide) groups is 1. The van der Waals surface area contributed by atoms with Crippen molar-refractivity contribution in [2.75, 3.05) is 52.0 Å². The highest BCUT2D eigenvalue weighted by Crippen LogP contribution is 2.34. The van der Waals surface area contributed by atoms with Crippen LogP contribution in [0, 0.1) is 0 Å². The Balaban J connectivity index is 1.26. The van der Waals surface area contributed by atoms with Gasteiger partial charge in [-0.2, -0.15) is 0 Å². The molecule has 0 radical (unpaired) electrons. The Bertz CT molecular complexity index is 935. The summed E-state index contributed by atoms with van der Waals surface area (Å²) in [5.74, 6) is -0.639. The van der Waals surface area contributed by atoms with Crippen molar-refractivity contribution in [2.45, 2.75) is 43.2 Å². The van der Waals surface area contributed by atoms with Gasteiger partial charge in [-0.05, 0) is 6.92 Å². The average Bonchev–Trinajstić information content (AvgIpc) is 3.28. The van der Waals surface area contributed by atoms with Crippen molar-refractivity contribution in [3.05, 3.63) is 18.0 Å². The van der Waals surface area contributed by atoms with Crippen molar-refractivity contribution in [3.63, 3.8) is 0 Å². The Kier molecular flexibility index (Phi) is 10.9. The topological polar surface area (TPSA) is 210 Å². The predicted molar refractivity (Wildman–Crippen MR) is 128 cm³/mol. The lowest BCUT2D eigenvalue weighted by atomic mass is 9.99. The van der Waals surface area contributed by atoms with E-state index in [0.29, 0.717) is 10.8 Å². The van der Waals surface area contributed by atoms with Crippen molar-refractivity contribution >= 4 is 22.8 Å². The van der Waals surface area contributed by atoms with Crippen LogP contribution in [0.5, 0.6) is 11.5 Å². The number of aliphatic imine (C=N–C) groups is 1. The van der Waals surface area contributed by atoms with Crippen LogP contribution < -0.4 is 4.74 Å². The molecule has 6 N–H and O–H groups in total. The number of carbonyl (C=O) groups is 1. The van der Waals surface area contributed by atoms with E-state index in [1.807, 2.05) is 0 Å². The fraction of sp³-hybridized carbons (Fsp3) is 0.682. The number of ether oxygens (including phenoxy) is 5. The summed E-state index contributed by atoms with van der Waals surface area (Å²) in [6, 6.07) is 1.38. The molecule has 14 nitrogen and oxygen atoms in total. The molecule has 1 saturated heterocycles. The quantitative estimate of drug-likeness (QED) is 0.144. The van der Waals surface area contributed by atoms with E-state index in [1.165, 1.54) is 30.9 Å². The molecule has 37 heavy (non-hydrogen) atoms. The maximum absolute atomic E-state index is 11.3. The molecule has 6 atom stereocenters. The summed E-state index contributed by atoms with van der Waals surface area (Å²) in [6.07, 6.45) is -5.23. The first-order valence-corrected chi connectivity index (χ1v) is 12.5. The van der Waals surface area contributed by atoms with E-state index >= 15 is 0 Å². The summed E-state index contributed by atoms with van der Waals surface area (Å²) < 4.78 is 26.8. The lowest BCUT2D eigenvalue weighted by Gasteiger charge is -2.39. The van der Waals surface area contributed by atoms with Gasteiger partial charge >= 0.3 is 5.97 Å². The van der Waals surface area contributed by atoms with Crippen LogP contribution in [0.3, 0.4) is 0 Å². The Morgan fingerprint density at radius 1 is 1.11 bits per heavy atom. The van der Waals surface area contributed by atoms with Gasteiger partial charge in [0.2, 0.25) is 0 Å². The zero-order valence-corrected chi connectivity index (χ0v) is 21.0. The third kappa shape index (κ3) is 7.72. The molecule has 0 amide bonds. The number of hydrogen-bond donors (Lipinski definition) is 6. The van der Waals surface area contributed by atoms with Gasteiger partial charge in [-0.15, -0.1) is 11.8 Å². The summed E-state index contributed by atoms with van der Waals surface area (Å²) in [5, 5.41) is 58.4. The zero-order valence-electron chi connectivity index (χ0n) is 20.1. The molecule has 2 aliphatic rings. The van der Waals surface area contributed by atoms with Crippen LogP contribution in [0.15, 0.2) is 17.3 Å². The first-order chi connectivity index (χ1) is 17.7. The third-order valence-corrected chi connectivity index (χ3v) is 6.84. The molecule has 1 aromatic rings. The molecule has 208 valence electrons. The number of rotatable bonds is 14. The molecule has 0 aliphatic carbocycles. The Hall–Kier alpha value is -2.08. The van der Waals surface area contributed by atoms with Crippen LogP contribution >= 0.6 is 11.8 Å². The van der Waals surface area contributed by atoms with Gasteiger partial charge in [0.05, 0.1) is 45.8 Å². The van der Waals surface area contributed by atoms with Crippen LogP contribution in [-0.4, -0.2) is 135 Å². The molecule has 0 bridgehead atoms. The predicted octanol–water partition coefficient (Wildman–Crippen LogP) is -1.65. The SMILES string of the molecule is C[C@]1(C(=O)O)CSC(c2ncc(OCCOCCOCCO[C@@H]3OC(CO)[C@@H](O)C(O)C3O)cc2O)=N1. The Morgan fingerprint density at radius 2 is 1.78 bits per heavy atom. The van der Waals surface area contributed by atoms with E-state index in [9.17, 15) is 30.3 Å². The summed E-state index contributed by atoms with van der Waals surface area (Å²) in [5.41, 5.74) is -1.05. The first-order valence-electron chi connectivity index (χ1n) is 11.5. The Morgan fingerprint density at radius 3 is 2.41 bits per heavy atom. The van der Waals surface area contributed by atoms with Crippen LogP contribution in [0.1, 0.15) is 12.6 Å². The minimum atomic E-state index is -1.50. The number of aliphatic hydroxyl groups is 4. The molecule has 0 spiro atoms. The van der Waals surface area contributed by atoms with E-state index in [2.05, 4.69) is 9.98 Å². The summed E-state index contributed by atoms with van der Waals surface area (Å²) in [7, 11) is 0. The van der Waals surface area contributed by atoms with Crippen molar-refractivity contribution in [1.82, 2.24) is 4.98 Å². The second-order valence-electron chi connectivity index (χ2n) is 8.46. The second-order valence-corrected chi connectivity index (χ2v) is 9.43. The number of aliphatic hydroxyl groups excluding tert-OH is 4. The molecule has 3 unspecified atom stereocenters. The number of carboxylic acid groups (broad SMARTS) is 1. The van der Waals surface area contributed by atoms with Gasteiger partial charge in [0, 0.05) is 11.8 Å². The van der Waals surface area contributed by atoms with Gasteiger partial charge in [0.1, 0.15) is 53.3 Å². The molecular weight excluding hydrogens is 516 g/mol. The minimum absolute atomic E-state index is 0.0404. The fourth-order valence-corrected chi connectivity index (χ4v) is 4.54. The number of carboxylic acids is 1. The van der Waals surface area contributed by atoms with E-state index in [1.54, 1.807) is 0 Å². The van der Waals surface area contributed by atoms with Crippen molar-refractivity contribution in [1.29, 1.82) is 0 Å². The molecule has 3 heterocycles. The van der Waals surface area contributed by atoms with Crippen molar-refractivity contribution in [3.8, 4) is 11.5 Å². The molecule has 0 aromatic carbocycles. The number of hydrogen-bond acceptors (Lipinski definition) is 14. The minimum Gasteiger partial charge on any atom is -0.505 e. The smallest absolute Gasteiger partial charge is 0.332 e. The van der Waals surface area contributed by atoms with Crippen LogP contribution in [0.4, 0.5) is 0 Å². The number of aromatic nitrogens is 1. The number of pyridine rings is 1. The van der Waals surface area contributed by atoms with Crippen LogP contribution in [0.2, 0.25) is 0 Å². The van der Waals surface area contributed by atoms with Crippen molar-refractivity contribution in [2.24, 2.45) is 4.99 Å². The first kappa shape index (κ1) is 29.5. The second kappa shape index (κ2) is 13.6. The molecule has 1 fully saturated rings. The number of aliphatic carboxylic acids is 1. The molecular formula is C22H32N2O12S. The van der Waals surface area contributed by atoms with Crippen molar-refractivity contribution < 1.29 is 59.1 Å². The fourth-order valence-electron chi connectivity index (χ4n) is 3.38. The highest BCUT2D eigenvalue weighted by molar-refractivity contribution is 8.14. The van der Waals surface area contributed by atoms with Gasteiger partial charge in [-0.3, -0.25) is 4.99 Å². The molecule has 1 aromatic heterocycles. The zero-order chi connectivity index (χ0) is 27.0. The van der Waals surface area contributed by atoms with E-state index in [4.69, 9.17) is 28.8 Å². The molecule has 0 saturated carbocycles. The molecule has 15 heteroatoms. The molecule has 2 aliphatic heterocycles. The Labute approximate surface area is 216 Å². The lowest BCUT2D eigenvalue weighted by Crippen LogP contribution is -2.59. The largest absolute Gasteiger partial charge is 0.505 e. The van der Waals surface area contributed by atoms with Gasteiger partial charge in [0.25, 0.3) is 0 Å². The number of nitrogens with zero attached hydrogens (tertiary/aromatic N) is 2. The summed E-state index contributed by atoms with van der Waals surface area (Å²) >= 11 is 1.21. The van der Waals surface area contributed by atoms with Gasteiger partial charge < -0.3 is 54.3 Å². The highest BCUT2D eigenvalue weighted by Gasteiger charge is 2.44. The maximum atomic E-state index is 11.3. The highest BCUT2D eigenvalue weighted by atomic mass is 32.2. The number of aromatic hydroxyl groups is 1. The third-order valence-electron chi connectivity index (χ3n) is 5.57. The average molecular weight is 549 g/mol. The van der Waals surface area contributed by atoms with Crippen LogP contribution in [-0.2, 0) is 23.7 Å². The lowest BCUT2D eigenvalue weighted by molar-refractivity contribution is -0.302. The van der Waals surface area contributed by atoms with Gasteiger partial charge in [-0.25, -0.2) is 9.78 Å². The van der Waals surface area contributed by atoms with Gasteiger partial charge in [0.15, 0.2) is 11.8 Å². The standard InChI is InChI=1S/C22H32N2O12S/c1-22(21(30)31)11-37-19(24-22)15-13(26)8-12(9-23-15)34-6-4-32-2-3-33-5-7-35-20-18(29)17(28)16(27)14(10-25)36-20/h8-9,14,16-18,20,25-29H,2-7,10-11H2,1H3,(H,30,31)/t14?,16-,17?,18?,20-,22-/m1/s1.